The van der Waals surface area contributed by atoms with Crippen LogP contribution < -0.4 is 10.6 Å². The van der Waals surface area contributed by atoms with Crippen molar-refractivity contribution in [3.63, 3.8) is 0 Å². The van der Waals surface area contributed by atoms with Crippen LogP contribution in [0.15, 0.2) is 48.4 Å². The Morgan fingerprint density at radius 3 is 2.74 bits per heavy atom. The van der Waals surface area contributed by atoms with E-state index in [1.54, 1.807) is 43.7 Å². The van der Waals surface area contributed by atoms with Crippen LogP contribution in [0.2, 0.25) is 0 Å². The van der Waals surface area contributed by atoms with Crippen LogP contribution in [-0.2, 0) is 11.3 Å². The summed E-state index contributed by atoms with van der Waals surface area (Å²) in [7, 11) is 1.57. The first-order valence-electron chi connectivity index (χ1n) is 6.87. The van der Waals surface area contributed by atoms with Crippen molar-refractivity contribution in [1.29, 1.82) is 0 Å². The summed E-state index contributed by atoms with van der Waals surface area (Å²) >= 11 is 1.30. The van der Waals surface area contributed by atoms with E-state index in [0.29, 0.717) is 23.0 Å². The van der Waals surface area contributed by atoms with Gasteiger partial charge < -0.3 is 15.2 Å². The standard InChI is InChI=1S/C15H17N5O2S/c1-3-8-20-10-17-19-15(20)23-9-13(21)18-12-6-4-11(5-7-12)14(22)16-2/h3-7,10H,1,8-9H2,2H3,(H,16,22)(H,18,21). The average molecular weight is 331 g/mol. The number of hydrogen-bond acceptors (Lipinski definition) is 5. The van der Waals surface area contributed by atoms with Gasteiger partial charge in [-0.1, -0.05) is 17.8 Å². The maximum atomic E-state index is 12.0. The van der Waals surface area contributed by atoms with Crippen molar-refractivity contribution >= 4 is 29.3 Å². The Labute approximate surface area is 138 Å². The van der Waals surface area contributed by atoms with Crippen LogP contribution in [0, 0.1) is 0 Å². The van der Waals surface area contributed by atoms with E-state index in [4.69, 9.17) is 0 Å². The molecule has 0 unspecified atom stereocenters. The number of thioether (sulfide) groups is 1. The molecule has 0 aliphatic rings. The molecular weight excluding hydrogens is 314 g/mol. The summed E-state index contributed by atoms with van der Waals surface area (Å²) in [6.07, 6.45) is 3.33. The minimum absolute atomic E-state index is 0.157. The molecule has 2 amide bonds. The average Bonchev–Trinajstić information content (AvgIpc) is 3.00. The molecule has 0 saturated carbocycles. The number of nitrogens with one attached hydrogen (secondary N) is 2. The molecule has 1 heterocycles. The van der Waals surface area contributed by atoms with Gasteiger partial charge in [-0.15, -0.1) is 16.8 Å². The van der Waals surface area contributed by atoms with Gasteiger partial charge in [0.25, 0.3) is 5.91 Å². The van der Waals surface area contributed by atoms with E-state index in [-0.39, 0.29) is 17.6 Å². The van der Waals surface area contributed by atoms with Gasteiger partial charge in [-0.2, -0.15) is 0 Å². The predicted molar refractivity (Wildman–Crippen MR) is 89.4 cm³/mol. The van der Waals surface area contributed by atoms with Gasteiger partial charge in [0, 0.05) is 24.8 Å². The van der Waals surface area contributed by atoms with Crippen LogP contribution in [0.1, 0.15) is 10.4 Å². The van der Waals surface area contributed by atoms with Gasteiger partial charge in [-0.05, 0) is 24.3 Å². The molecule has 1 aromatic carbocycles. The number of hydrogen-bond donors (Lipinski definition) is 2. The number of carbonyl (C=O) groups excluding carboxylic acids is 2. The monoisotopic (exact) mass is 331 g/mol. The van der Waals surface area contributed by atoms with E-state index in [2.05, 4.69) is 27.4 Å². The first kappa shape index (κ1) is 16.8. The molecule has 0 atom stereocenters. The molecule has 0 bridgehead atoms. The molecule has 23 heavy (non-hydrogen) atoms. The summed E-state index contributed by atoms with van der Waals surface area (Å²) in [6, 6.07) is 6.69. The predicted octanol–water partition coefficient (Wildman–Crippen LogP) is 1.55. The minimum Gasteiger partial charge on any atom is -0.355 e. The Bertz CT molecular complexity index is 696. The van der Waals surface area contributed by atoms with Crippen LogP contribution >= 0.6 is 11.8 Å². The van der Waals surface area contributed by atoms with E-state index < -0.39 is 0 Å². The maximum absolute atomic E-state index is 12.0. The number of benzene rings is 1. The van der Waals surface area contributed by atoms with Crippen molar-refractivity contribution < 1.29 is 9.59 Å². The molecule has 0 radical (unpaired) electrons. The SMILES string of the molecule is C=CCn1cnnc1SCC(=O)Nc1ccc(C(=O)NC)cc1. The number of anilines is 1. The van der Waals surface area contributed by atoms with Crippen LogP contribution in [0.4, 0.5) is 5.69 Å². The van der Waals surface area contributed by atoms with E-state index in [1.165, 1.54) is 11.8 Å². The molecule has 2 rings (SSSR count). The summed E-state index contributed by atoms with van der Waals surface area (Å²) in [4.78, 5) is 23.4. The van der Waals surface area contributed by atoms with E-state index in [0.717, 1.165) is 0 Å². The molecule has 1 aromatic heterocycles. The molecule has 8 heteroatoms. The fourth-order valence-corrected chi connectivity index (χ4v) is 2.52. The lowest BCUT2D eigenvalue weighted by atomic mass is 10.2. The third-order valence-corrected chi connectivity index (χ3v) is 3.88. The molecule has 120 valence electrons. The fourth-order valence-electron chi connectivity index (χ4n) is 1.80. The topological polar surface area (TPSA) is 88.9 Å². The van der Waals surface area contributed by atoms with Gasteiger partial charge in [-0.3, -0.25) is 9.59 Å². The third kappa shape index (κ3) is 4.68. The molecule has 0 saturated heterocycles. The van der Waals surface area contributed by atoms with Gasteiger partial charge in [0.2, 0.25) is 5.91 Å². The van der Waals surface area contributed by atoms with Crippen LogP contribution in [0.5, 0.6) is 0 Å². The smallest absolute Gasteiger partial charge is 0.251 e. The van der Waals surface area contributed by atoms with Crippen molar-refractivity contribution in [3.8, 4) is 0 Å². The second-order valence-electron chi connectivity index (χ2n) is 4.55. The number of nitrogens with zero attached hydrogens (tertiary/aromatic N) is 3. The summed E-state index contributed by atoms with van der Waals surface area (Å²) in [6.45, 7) is 4.26. The van der Waals surface area contributed by atoms with Crippen molar-refractivity contribution in [3.05, 3.63) is 48.8 Å². The Hall–Kier alpha value is -2.61. The van der Waals surface area contributed by atoms with E-state index >= 15 is 0 Å². The van der Waals surface area contributed by atoms with Crippen molar-refractivity contribution in [1.82, 2.24) is 20.1 Å². The summed E-state index contributed by atoms with van der Waals surface area (Å²) in [5, 5.41) is 13.7. The number of allylic oxidation sites excluding steroid dienone is 1. The largest absolute Gasteiger partial charge is 0.355 e. The molecule has 2 aromatic rings. The zero-order chi connectivity index (χ0) is 16.7. The van der Waals surface area contributed by atoms with Gasteiger partial charge >= 0.3 is 0 Å². The Balaban J connectivity index is 1.88. The van der Waals surface area contributed by atoms with Crippen LogP contribution in [0.3, 0.4) is 0 Å². The normalized spacial score (nSPS) is 10.1. The van der Waals surface area contributed by atoms with E-state index in [1.807, 2.05) is 4.57 Å². The van der Waals surface area contributed by atoms with Gasteiger partial charge in [0.05, 0.1) is 5.75 Å². The van der Waals surface area contributed by atoms with Gasteiger partial charge in [-0.25, -0.2) is 0 Å². The second kappa shape index (κ2) is 8.14. The lowest BCUT2D eigenvalue weighted by molar-refractivity contribution is -0.113. The molecule has 0 spiro atoms. The van der Waals surface area contributed by atoms with Crippen molar-refractivity contribution in [2.45, 2.75) is 11.7 Å². The quantitative estimate of drug-likeness (QED) is 0.594. The molecule has 0 aliphatic heterocycles. The highest BCUT2D eigenvalue weighted by atomic mass is 32.2. The third-order valence-electron chi connectivity index (χ3n) is 2.90. The lowest BCUT2D eigenvalue weighted by Gasteiger charge is -2.06. The summed E-state index contributed by atoms with van der Waals surface area (Å²) < 4.78 is 1.81. The summed E-state index contributed by atoms with van der Waals surface area (Å²) in [5.74, 6) is -0.108. The molecule has 7 nitrogen and oxygen atoms in total. The highest BCUT2D eigenvalue weighted by molar-refractivity contribution is 7.99. The first-order valence-corrected chi connectivity index (χ1v) is 7.86. The Morgan fingerprint density at radius 1 is 1.35 bits per heavy atom. The van der Waals surface area contributed by atoms with Crippen molar-refractivity contribution in [2.24, 2.45) is 0 Å². The molecule has 0 fully saturated rings. The van der Waals surface area contributed by atoms with Gasteiger partial charge in [0.15, 0.2) is 5.16 Å². The maximum Gasteiger partial charge on any atom is 0.251 e. The Morgan fingerprint density at radius 2 is 2.09 bits per heavy atom. The highest BCUT2D eigenvalue weighted by Crippen LogP contribution is 2.16. The molecular formula is C15H17N5O2S. The number of carbonyl (C=O) groups is 2. The van der Waals surface area contributed by atoms with Crippen molar-refractivity contribution in [2.75, 3.05) is 18.1 Å². The summed E-state index contributed by atoms with van der Waals surface area (Å²) in [5.41, 5.74) is 1.17. The van der Waals surface area contributed by atoms with E-state index in [9.17, 15) is 9.59 Å². The Kier molecular flexibility index (Phi) is 5.93. The number of aromatic nitrogens is 3. The lowest BCUT2D eigenvalue weighted by Crippen LogP contribution is -2.18. The zero-order valence-corrected chi connectivity index (χ0v) is 13.5. The fraction of sp³-hybridized carbons (Fsp3) is 0.200. The highest BCUT2D eigenvalue weighted by Gasteiger charge is 2.09. The van der Waals surface area contributed by atoms with Crippen LogP contribution in [0.25, 0.3) is 0 Å². The first-order chi connectivity index (χ1) is 11.1. The number of rotatable bonds is 7. The minimum atomic E-state index is -0.167. The number of amides is 2. The van der Waals surface area contributed by atoms with Gasteiger partial charge in [0.1, 0.15) is 6.33 Å². The van der Waals surface area contributed by atoms with Crippen LogP contribution in [-0.4, -0.2) is 39.4 Å². The molecule has 2 N–H and O–H groups in total. The molecule has 0 aliphatic carbocycles. The second-order valence-corrected chi connectivity index (χ2v) is 5.49. The zero-order valence-electron chi connectivity index (χ0n) is 12.7.